The van der Waals surface area contributed by atoms with Crippen molar-refractivity contribution in [1.29, 1.82) is 0 Å². The van der Waals surface area contributed by atoms with Crippen LogP contribution >= 0.6 is 15.9 Å². The zero-order valence-corrected chi connectivity index (χ0v) is 13.9. The molecule has 0 aliphatic rings. The van der Waals surface area contributed by atoms with E-state index in [2.05, 4.69) is 66.0 Å². The van der Waals surface area contributed by atoms with Gasteiger partial charge in [-0.1, -0.05) is 29.8 Å². The van der Waals surface area contributed by atoms with Gasteiger partial charge in [-0.3, -0.25) is 0 Å². The zero-order chi connectivity index (χ0) is 14.4. The van der Waals surface area contributed by atoms with Gasteiger partial charge in [0.25, 0.3) is 0 Å². The van der Waals surface area contributed by atoms with E-state index < -0.39 is 0 Å². The summed E-state index contributed by atoms with van der Waals surface area (Å²) in [5.74, 6) is 0. The van der Waals surface area contributed by atoms with Crippen LogP contribution in [-0.4, -0.2) is 42.3 Å². The van der Waals surface area contributed by atoms with Gasteiger partial charge in [0.1, 0.15) is 0 Å². The molecule has 0 bridgehead atoms. The van der Waals surface area contributed by atoms with Gasteiger partial charge >= 0.3 is 0 Å². The summed E-state index contributed by atoms with van der Waals surface area (Å²) < 4.78 is 1.15. The Morgan fingerprint density at radius 1 is 1.21 bits per heavy atom. The van der Waals surface area contributed by atoms with Crippen molar-refractivity contribution in [1.82, 2.24) is 4.90 Å². The summed E-state index contributed by atoms with van der Waals surface area (Å²) in [6.07, 6.45) is -0.343. The Kier molecular flexibility index (Phi) is 6.83. The Morgan fingerprint density at radius 3 is 2.21 bits per heavy atom. The van der Waals surface area contributed by atoms with Crippen molar-refractivity contribution in [3.05, 3.63) is 27.7 Å². The molecule has 1 unspecified atom stereocenters. The molecule has 1 aromatic rings. The lowest BCUT2D eigenvalue weighted by Gasteiger charge is -2.22. The third-order valence-corrected chi connectivity index (χ3v) is 4.59. The van der Waals surface area contributed by atoms with Crippen LogP contribution in [0.4, 0.5) is 5.69 Å². The number of rotatable bonds is 7. The van der Waals surface area contributed by atoms with Gasteiger partial charge in [-0.05, 0) is 50.2 Å². The summed E-state index contributed by atoms with van der Waals surface area (Å²) >= 11 is 3.56. The molecule has 108 valence electrons. The Morgan fingerprint density at radius 2 is 1.74 bits per heavy atom. The molecule has 0 aliphatic heterocycles. The van der Waals surface area contributed by atoms with E-state index in [9.17, 15) is 5.11 Å². The largest absolute Gasteiger partial charge is 0.390 e. The number of aliphatic hydroxyl groups excluding tert-OH is 1. The Balaban J connectivity index is 2.52. The Labute approximate surface area is 125 Å². The summed E-state index contributed by atoms with van der Waals surface area (Å²) in [6.45, 7) is 11.6. The number of nitrogens with zero attached hydrogens (tertiary/aromatic N) is 1. The van der Waals surface area contributed by atoms with Gasteiger partial charge in [-0.15, -0.1) is 0 Å². The molecular weight excluding hydrogens is 304 g/mol. The fraction of sp³-hybridized carbons (Fsp3) is 0.600. The fourth-order valence-corrected chi connectivity index (χ4v) is 2.36. The second-order valence-electron chi connectivity index (χ2n) is 4.94. The third-order valence-electron chi connectivity index (χ3n) is 3.34. The maximum atomic E-state index is 10.0. The third kappa shape index (κ3) is 5.13. The van der Waals surface area contributed by atoms with E-state index in [0.29, 0.717) is 13.1 Å². The SMILES string of the molecule is CCN(CC)CC(O)CNc1cc(C)c(Br)c(C)c1. The highest BCUT2D eigenvalue weighted by atomic mass is 79.9. The molecule has 0 radical (unpaired) electrons. The van der Waals surface area contributed by atoms with E-state index in [4.69, 9.17) is 0 Å². The predicted octanol–water partition coefficient (Wildman–Crippen LogP) is 3.18. The summed E-state index contributed by atoms with van der Waals surface area (Å²) in [4.78, 5) is 2.23. The minimum atomic E-state index is -0.343. The minimum absolute atomic E-state index is 0.343. The van der Waals surface area contributed by atoms with Crippen molar-refractivity contribution in [3.8, 4) is 0 Å². The average molecular weight is 329 g/mol. The van der Waals surface area contributed by atoms with Crippen molar-refractivity contribution < 1.29 is 5.11 Å². The molecule has 3 nitrogen and oxygen atoms in total. The molecule has 0 spiro atoms. The van der Waals surface area contributed by atoms with Gasteiger partial charge in [0.2, 0.25) is 0 Å². The van der Waals surface area contributed by atoms with E-state index in [-0.39, 0.29) is 6.10 Å². The molecule has 0 heterocycles. The highest BCUT2D eigenvalue weighted by Gasteiger charge is 2.09. The topological polar surface area (TPSA) is 35.5 Å². The standard InChI is InChI=1S/C15H25BrN2O/c1-5-18(6-2)10-14(19)9-17-13-7-11(3)15(16)12(4)8-13/h7-8,14,17,19H,5-6,9-10H2,1-4H3. The Bertz CT molecular complexity index is 382. The number of halogens is 1. The lowest BCUT2D eigenvalue weighted by Crippen LogP contribution is -2.35. The van der Waals surface area contributed by atoms with Crippen LogP contribution in [0.3, 0.4) is 0 Å². The average Bonchev–Trinajstić information content (AvgIpc) is 2.39. The monoisotopic (exact) mass is 328 g/mol. The second kappa shape index (κ2) is 7.88. The molecule has 0 aromatic heterocycles. The van der Waals surface area contributed by atoms with Crippen LogP contribution in [0.5, 0.6) is 0 Å². The smallest absolute Gasteiger partial charge is 0.0839 e. The fourth-order valence-electron chi connectivity index (χ4n) is 2.13. The van der Waals surface area contributed by atoms with E-state index in [1.165, 1.54) is 11.1 Å². The van der Waals surface area contributed by atoms with Crippen molar-refractivity contribution >= 4 is 21.6 Å². The van der Waals surface area contributed by atoms with Gasteiger partial charge in [0.05, 0.1) is 6.10 Å². The molecule has 1 atom stereocenters. The van der Waals surface area contributed by atoms with Gasteiger partial charge in [-0.2, -0.15) is 0 Å². The van der Waals surface area contributed by atoms with Crippen LogP contribution in [0.2, 0.25) is 0 Å². The number of anilines is 1. The molecule has 0 fully saturated rings. The maximum Gasteiger partial charge on any atom is 0.0839 e. The number of benzene rings is 1. The molecule has 19 heavy (non-hydrogen) atoms. The van der Waals surface area contributed by atoms with Crippen molar-refractivity contribution in [3.63, 3.8) is 0 Å². The summed E-state index contributed by atoms with van der Waals surface area (Å²) in [7, 11) is 0. The number of nitrogens with one attached hydrogen (secondary N) is 1. The molecule has 0 amide bonds. The van der Waals surface area contributed by atoms with E-state index in [1.54, 1.807) is 0 Å². The number of hydrogen-bond donors (Lipinski definition) is 2. The molecule has 2 N–H and O–H groups in total. The molecule has 1 aromatic carbocycles. The van der Waals surface area contributed by atoms with Crippen LogP contribution in [0.25, 0.3) is 0 Å². The van der Waals surface area contributed by atoms with Crippen LogP contribution in [0.1, 0.15) is 25.0 Å². The quantitative estimate of drug-likeness (QED) is 0.806. The van der Waals surface area contributed by atoms with Crippen LogP contribution < -0.4 is 5.32 Å². The summed E-state index contributed by atoms with van der Waals surface area (Å²) in [5, 5.41) is 13.3. The molecule has 0 aliphatic carbocycles. The number of hydrogen-bond acceptors (Lipinski definition) is 3. The first-order valence-corrected chi connectivity index (χ1v) is 7.68. The van der Waals surface area contributed by atoms with Gasteiger partial charge in [0, 0.05) is 23.2 Å². The first-order chi connectivity index (χ1) is 8.97. The normalized spacial score (nSPS) is 12.8. The highest BCUT2D eigenvalue weighted by Crippen LogP contribution is 2.24. The summed E-state index contributed by atoms with van der Waals surface area (Å²) in [5.41, 5.74) is 3.48. The van der Waals surface area contributed by atoms with Crippen molar-refractivity contribution in [2.45, 2.75) is 33.8 Å². The number of likely N-dealkylation sites (N-methyl/N-ethyl adjacent to an activating group) is 1. The molecule has 1 rings (SSSR count). The van der Waals surface area contributed by atoms with Crippen molar-refractivity contribution in [2.75, 3.05) is 31.5 Å². The zero-order valence-electron chi connectivity index (χ0n) is 12.3. The van der Waals surface area contributed by atoms with Crippen LogP contribution in [0.15, 0.2) is 16.6 Å². The highest BCUT2D eigenvalue weighted by molar-refractivity contribution is 9.10. The second-order valence-corrected chi connectivity index (χ2v) is 5.74. The van der Waals surface area contributed by atoms with E-state index >= 15 is 0 Å². The van der Waals surface area contributed by atoms with E-state index in [0.717, 1.165) is 23.2 Å². The van der Waals surface area contributed by atoms with Gasteiger partial charge in [-0.25, -0.2) is 0 Å². The minimum Gasteiger partial charge on any atom is -0.390 e. The van der Waals surface area contributed by atoms with E-state index in [1.807, 2.05) is 0 Å². The first-order valence-electron chi connectivity index (χ1n) is 6.88. The van der Waals surface area contributed by atoms with Gasteiger partial charge in [0.15, 0.2) is 0 Å². The lowest BCUT2D eigenvalue weighted by molar-refractivity contribution is 0.128. The molecule has 0 saturated carbocycles. The molecule has 0 saturated heterocycles. The predicted molar refractivity (Wildman–Crippen MR) is 85.9 cm³/mol. The number of aryl methyl sites for hydroxylation is 2. The number of aliphatic hydroxyl groups is 1. The van der Waals surface area contributed by atoms with Gasteiger partial charge < -0.3 is 15.3 Å². The Hall–Kier alpha value is -0.580. The van der Waals surface area contributed by atoms with Crippen LogP contribution in [-0.2, 0) is 0 Å². The lowest BCUT2D eigenvalue weighted by atomic mass is 10.1. The maximum absolute atomic E-state index is 10.0. The summed E-state index contributed by atoms with van der Waals surface area (Å²) in [6, 6.07) is 4.20. The van der Waals surface area contributed by atoms with Crippen molar-refractivity contribution in [2.24, 2.45) is 0 Å². The first kappa shape index (κ1) is 16.5. The molecular formula is C15H25BrN2O. The van der Waals surface area contributed by atoms with Crippen LogP contribution in [0, 0.1) is 13.8 Å². The molecule has 4 heteroatoms.